The van der Waals surface area contributed by atoms with Crippen molar-refractivity contribution in [2.24, 2.45) is 17.8 Å². The maximum atomic E-state index is 13.6. The number of rotatable bonds is 10. The number of hydrogen-bond donors (Lipinski definition) is 3. The molecule has 0 spiro atoms. The van der Waals surface area contributed by atoms with Crippen LogP contribution in [-0.2, 0) is 11.3 Å². The zero-order valence-electron chi connectivity index (χ0n) is 21.7. The van der Waals surface area contributed by atoms with Crippen LogP contribution in [0.1, 0.15) is 61.6 Å². The summed E-state index contributed by atoms with van der Waals surface area (Å²) >= 11 is 0. The molecule has 3 N–H and O–H groups in total. The molecular weight excluding hydrogens is 515 g/mol. The predicted molar refractivity (Wildman–Crippen MR) is 134 cm³/mol. The van der Waals surface area contributed by atoms with Crippen molar-refractivity contribution in [3.05, 3.63) is 41.9 Å². The molecule has 210 valence electrons. The lowest BCUT2D eigenvalue weighted by Crippen LogP contribution is -2.50. The number of pyridine rings is 1. The van der Waals surface area contributed by atoms with Gasteiger partial charge >= 0.3 is 12.2 Å². The monoisotopic (exact) mass is 547 g/mol. The van der Waals surface area contributed by atoms with Gasteiger partial charge in [0.05, 0.1) is 6.54 Å². The Morgan fingerprint density at radius 2 is 1.82 bits per heavy atom. The van der Waals surface area contributed by atoms with Gasteiger partial charge in [-0.15, -0.1) is 0 Å². The SMILES string of the molecule is CC(C)n1nccc1C(=O)N[C@H](C(=O)Nc1cc(CN2C[C@@H](C(F)(F)F)NC2=O)ccn1)C(C1CC1)C1CC1. The third-order valence-corrected chi connectivity index (χ3v) is 7.51. The summed E-state index contributed by atoms with van der Waals surface area (Å²) in [7, 11) is 0. The van der Waals surface area contributed by atoms with Gasteiger partial charge in [0.1, 0.15) is 23.6 Å². The molecule has 3 aliphatic rings. The van der Waals surface area contributed by atoms with Crippen molar-refractivity contribution < 1.29 is 27.6 Å². The van der Waals surface area contributed by atoms with E-state index in [0.29, 0.717) is 23.1 Å². The molecule has 1 saturated heterocycles. The summed E-state index contributed by atoms with van der Waals surface area (Å²) in [6, 6.07) is 1.18. The van der Waals surface area contributed by atoms with Crippen LogP contribution in [0.5, 0.6) is 0 Å². The highest BCUT2D eigenvalue weighted by Gasteiger charge is 2.49. The first-order chi connectivity index (χ1) is 18.5. The molecular formula is C26H32F3N7O3. The van der Waals surface area contributed by atoms with Gasteiger partial charge in [0, 0.05) is 25.0 Å². The minimum Gasteiger partial charge on any atom is -0.339 e. The maximum absolute atomic E-state index is 13.6. The summed E-state index contributed by atoms with van der Waals surface area (Å²) in [5.74, 6) is 0.134. The van der Waals surface area contributed by atoms with Crippen LogP contribution in [0.4, 0.5) is 23.8 Å². The van der Waals surface area contributed by atoms with E-state index in [1.54, 1.807) is 23.0 Å². The number of carbonyl (C=O) groups excluding carboxylic acids is 3. The second-order valence-corrected chi connectivity index (χ2v) is 10.9. The van der Waals surface area contributed by atoms with Gasteiger partial charge in [0.25, 0.3) is 5.91 Å². The second-order valence-electron chi connectivity index (χ2n) is 10.9. The summed E-state index contributed by atoms with van der Waals surface area (Å²) < 4.78 is 40.7. The Morgan fingerprint density at radius 3 is 2.41 bits per heavy atom. The normalized spacial score (nSPS) is 20.3. The lowest BCUT2D eigenvalue weighted by atomic mass is 9.88. The van der Waals surface area contributed by atoms with Crippen LogP contribution >= 0.6 is 0 Å². The molecule has 5 rings (SSSR count). The first kappa shape index (κ1) is 26.9. The van der Waals surface area contributed by atoms with E-state index >= 15 is 0 Å². The molecule has 2 aromatic rings. The van der Waals surface area contributed by atoms with Crippen molar-refractivity contribution >= 4 is 23.7 Å². The molecule has 3 fully saturated rings. The van der Waals surface area contributed by atoms with Gasteiger partial charge in [0.15, 0.2) is 0 Å². The van der Waals surface area contributed by atoms with E-state index in [1.165, 1.54) is 12.3 Å². The van der Waals surface area contributed by atoms with Crippen molar-refractivity contribution in [3.63, 3.8) is 0 Å². The van der Waals surface area contributed by atoms with Crippen LogP contribution < -0.4 is 16.0 Å². The Kier molecular flexibility index (Phi) is 7.25. The lowest BCUT2D eigenvalue weighted by molar-refractivity contribution is -0.149. The fraction of sp³-hybridized carbons (Fsp3) is 0.577. The quantitative estimate of drug-likeness (QED) is 0.421. The van der Waals surface area contributed by atoms with E-state index in [0.717, 1.165) is 30.6 Å². The minimum atomic E-state index is -4.53. The lowest BCUT2D eigenvalue weighted by Gasteiger charge is -2.27. The number of hydrogen-bond acceptors (Lipinski definition) is 5. The summed E-state index contributed by atoms with van der Waals surface area (Å²) in [6.07, 6.45) is 2.48. The molecule has 0 radical (unpaired) electrons. The highest BCUT2D eigenvalue weighted by Crippen LogP contribution is 2.51. The van der Waals surface area contributed by atoms with Crippen molar-refractivity contribution in [2.75, 3.05) is 11.9 Å². The summed E-state index contributed by atoms with van der Waals surface area (Å²) in [4.78, 5) is 44.2. The molecule has 3 heterocycles. The fourth-order valence-corrected chi connectivity index (χ4v) is 5.33. The van der Waals surface area contributed by atoms with Crippen LogP contribution in [0, 0.1) is 17.8 Å². The van der Waals surface area contributed by atoms with Crippen LogP contribution in [0.15, 0.2) is 30.6 Å². The van der Waals surface area contributed by atoms with E-state index in [-0.39, 0.29) is 30.2 Å². The van der Waals surface area contributed by atoms with E-state index in [4.69, 9.17) is 0 Å². The Labute approximate surface area is 223 Å². The van der Waals surface area contributed by atoms with Crippen molar-refractivity contribution in [1.82, 2.24) is 30.3 Å². The zero-order valence-corrected chi connectivity index (χ0v) is 21.7. The molecule has 2 atom stereocenters. The molecule has 13 heteroatoms. The van der Waals surface area contributed by atoms with Gasteiger partial charge in [-0.1, -0.05) is 0 Å². The van der Waals surface area contributed by atoms with Gasteiger partial charge in [-0.2, -0.15) is 18.3 Å². The summed E-state index contributed by atoms with van der Waals surface area (Å²) in [6.45, 7) is 3.26. The summed E-state index contributed by atoms with van der Waals surface area (Å²) in [5, 5.41) is 11.9. The van der Waals surface area contributed by atoms with Crippen LogP contribution in [0.2, 0.25) is 0 Å². The van der Waals surface area contributed by atoms with Gasteiger partial charge in [0.2, 0.25) is 5.91 Å². The molecule has 1 aliphatic heterocycles. The molecule has 0 aromatic carbocycles. The number of anilines is 1. The second kappa shape index (κ2) is 10.5. The highest BCUT2D eigenvalue weighted by atomic mass is 19.4. The average Bonchev–Trinajstić information content (AvgIpc) is 3.79. The Bertz CT molecular complexity index is 1230. The molecule has 2 saturated carbocycles. The minimum absolute atomic E-state index is 0.000141. The standard InChI is InChI=1S/C26H32F3N7O3/c1-14(2)36-18(8-10-31-36)23(37)34-22(21(16-3-4-16)17-5-6-17)24(38)33-20-11-15(7-9-30-20)12-35-13-19(26(27,28)29)32-25(35)39/h7-11,14,16-17,19,21-22H,3-6,12-13H2,1-2H3,(H,32,39)(H,34,37)(H,30,33,38)/t19-,22-/m0/s1. The van der Waals surface area contributed by atoms with Crippen molar-refractivity contribution in [1.29, 1.82) is 0 Å². The maximum Gasteiger partial charge on any atom is 0.410 e. The third-order valence-electron chi connectivity index (χ3n) is 7.51. The smallest absolute Gasteiger partial charge is 0.339 e. The molecule has 2 aliphatic carbocycles. The number of halogens is 3. The molecule has 39 heavy (non-hydrogen) atoms. The number of aromatic nitrogens is 3. The molecule has 10 nitrogen and oxygen atoms in total. The summed E-state index contributed by atoms with van der Waals surface area (Å²) in [5.41, 5.74) is 0.884. The van der Waals surface area contributed by atoms with Gasteiger partial charge in [-0.3, -0.25) is 14.3 Å². The first-order valence-electron chi connectivity index (χ1n) is 13.2. The van der Waals surface area contributed by atoms with E-state index < -0.39 is 36.7 Å². The largest absolute Gasteiger partial charge is 0.410 e. The molecule has 0 unspecified atom stereocenters. The van der Waals surface area contributed by atoms with Gasteiger partial charge in [-0.25, -0.2) is 9.78 Å². The Balaban J connectivity index is 1.31. The van der Waals surface area contributed by atoms with E-state index in [1.807, 2.05) is 19.2 Å². The Morgan fingerprint density at radius 1 is 1.13 bits per heavy atom. The average molecular weight is 548 g/mol. The number of urea groups is 1. The van der Waals surface area contributed by atoms with E-state index in [9.17, 15) is 27.6 Å². The Hall–Kier alpha value is -3.64. The van der Waals surface area contributed by atoms with Crippen LogP contribution in [0.3, 0.4) is 0 Å². The van der Waals surface area contributed by atoms with Gasteiger partial charge < -0.3 is 20.9 Å². The molecule has 2 aromatic heterocycles. The van der Waals surface area contributed by atoms with E-state index in [2.05, 4.69) is 20.7 Å². The fourth-order valence-electron chi connectivity index (χ4n) is 5.33. The number of amides is 4. The number of carbonyl (C=O) groups is 3. The van der Waals surface area contributed by atoms with Crippen molar-refractivity contribution in [2.45, 2.75) is 70.4 Å². The zero-order chi connectivity index (χ0) is 27.9. The van der Waals surface area contributed by atoms with Crippen LogP contribution in [-0.4, -0.2) is 62.3 Å². The number of nitrogens with zero attached hydrogens (tertiary/aromatic N) is 4. The molecule has 4 amide bonds. The highest BCUT2D eigenvalue weighted by molar-refractivity contribution is 6.00. The number of nitrogens with one attached hydrogen (secondary N) is 3. The van der Waals surface area contributed by atoms with Crippen LogP contribution in [0.25, 0.3) is 0 Å². The predicted octanol–water partition coefficient (Wildman–Crippen LogP) is 3.49. The number of alkyl halides is 3. The molecule has 0 bridgehead atoms. The third kappa shape index (κ3) is 6.17. The first-order valence-corrected chi connectivity index (χ1v) is 13.2. The van der Waals surface area contributed by atoms with Crippen molar-refractivity contribution in [3.8, 4) is 0 Å². The van der Waals surface area contributed by atoms with Gasteiger partial charge in [-0.05, 0) is 81.0 Å². The topological polar surface area (TPSA) is 121 Å².